The molecular weight excluding hydrogens is 308 g/mol. The zero-order chi connectivity index (χ0) is 16.5. The van der Waals surface area contributed by atoms with Gasteiger partial charge in [-0.3, -0.25) is 0 Å². The van der Waals surface area contributed by atoms with Gasteiger partial charge in [0.1, 0.15) is 5.15 Å². The van der Waals surface area contributed by atoms with Gasteiger partial charge < -0.3 is 10.6 Å². The lowest BCUT2D eigenvalue weighted by Gasteiger charge is -2.11. The molecule has 0 bridgehead atoms. The molecule has 23 heavy (non-hydrogen) atoms. The van der Waals surface area contributed by atoms with Crippen LogP contribution in [0.25, 0.3) is 0 Å². The summed E-state index contributed by atoms with van der Waals surface area (Å²) in [6.07, 6.45) is 2.68. The molecule has 0 aliphatic heterocycles. The van der Waals surface area contributed by atoms with Crippen molar-refractivity contribution in [1.29, 1.82) is 0 Å². The van der Waals surface area contributed by atoms with Crippen LogP contribution in [0, 0.1) is 6.92 Å². The number of aromatic nitrogens is 1. The van der Waals surface area contributed by atoms with E-state index in [1.807, 2.05) is 12.1 Å². The van der Waals surface area contributed by atoms with E-state index >= 15 is 0 Å². The molecule has 2 rings (SSSR count). The maximum Gasteiger partial charge on any atom is 0.191 e. The summed E-state index contributed by atoms with van der Waals surface area (Å²) in [6.45, 7) is 6.44. The maximum absolute atomic E-state index is 5.79. The standard InChI is InChI=1S/C18H23ClN4/c1-3-20-18(23-13-15-6-4-14(2)5-7-15)21-11-10-16-8-9-17(19)22-12-16/h4-9,12H,3,10-11,13H2,1-2H3,(H2,20,21,23). The second-order valence-corrected chi connectivity index (χ2v) is 5.73. The zero-order valence-electron chi connectivity index (χ0n) is 13.6. The Kier molecular flexibility index (Phi) is 6.88. The minimum absolute atomic E-state index is 0.523. The van der Waals surface area contributed by atoms with E-state index in [1.165, 1.54) is 11.1 Å². The van der Waals surface area contributed by atoms with Crippen molar-refractivity contribution in [3.63, 3.8) is 0 Å². The molecular formula is C18H23ClN4. The van der Waals surface area contributed by atoms with Crippen LogP contribution in [0.4, 0.5) is 0 Å². The van der Waals surface area contributed by atoms with E-state index in [4.69, 9.17) is 11.6 Å². The van der Waals surface area contributed by atoms with Gasteiger partial charge in [-0.25, -0.2) is 9.98 Å². The first-order valence-electron chi connectivity index (χ1n) is 7.85. The first-order chi connectivity index (χ1) is 11.2. The van der Waals surface area contributed by atoms with Crippen molar-refractivity contribution in [2.75, 3.05) is 13.1 Å². The van der Waals surface area contributed by atoms with Gasteiger partial charge in [0.05, 0.1) is 6.54 Å². The third-order valence-corrected chi connectivity index (χ3v) is 3.60. The molecule has 0 fully saturated rings. The van der Waals surface area contributed by atoms with Crippen LogP contribution >= 0.6 is 11.6 Å². The molecule has 122 valence electrons. The van der Waals surface area contributed by atoms with Gasteiger partial charge in [0.15, 0.2) is 5.96 Å². The number of nitrogens with zero attached hydrogens (tertiary/aromatic N) is 2. The average molecular weight is 331 g/mol. The number of guanidine groups is 1. The van der Waals surface area contributed by atoms with Crippen molar-refractivity contribution < 1.29 is 0 Å². The Balaban J connectivity index is 1.86. The van der Waals surface area contributed by atoms with Crippen molar-refractivity contribution in [3.8, 4) is 0 Å². The van der Waals surface area contributed by atoms with Crippen LogP contribution in [0.3, 0.4) is 0 Å². The summed E-state index contributed by atoms with van der Waals surface area (Å²) in [6, 6.07) is 12.3. The molecule has 5 heteroatoms. The van der Waals surface area contributed by atoms with Crippen LogP contribution in [0.5, 0.6) is 0 Å². The normalized spacial score (nSPS) is 11.3. The number of benzene rings is 1. The van der Waals surface area contributed by atoms with E-state index in [1.54, 1.807) is 6.20 Å². The van der Waals surface area contributed by atoms with Crippen molar-refractivity contribution in [1.82, 2.24) is 15.6 Å². The van der Waals surface area contributed by atoms with Gasteiger partial charge in [-0.2, -0.15) is 0 Å². The van der Waals surface area contributed by atoms with Crippen LogP contribution < -0.4 is 10.6 Å². The molecule has 2 aromatic rings. The molecule has 0 amide bonds. The molecule has 4 nitrogen and oxygen atoms in total. The highest BCUT2D eigenvalue weighted by molar-refractivity contribution is 6.29. The van der Waals surface area contributed by atoms with Crippen molar-refractivity contribution in [2.24, 2.45) is 4.99 Å². The molecule has 0 aliphatic rings. The smallest absolute Gasteiger partial charge is 0.191 e. The van der Waals surface area contributed by atoms with Crippen LogP contribution in [0.15, 0.2) is 47.6 Å². The summed E-state index contributed by atoms with van der Waals surface area (Å²) in [4.78, 5) is 8.70. The van der Waals surface area contributed by atoms with Gasteiger partial charge in [0, 0.05) is 19.3 Å². The third-order valence-electron chi connectivity index (χ3n) is 3.38. The van der Waals surface area contributed by atoms with E-state index in [2.05, 4.69) is 58.7 Å². The molecule has 1 heterocycles. The van der Waals surface area contributed by atoms with Gasteiger partial charge in [0.2, 0.25) is 0 Å². The largest absolute Gasteiger partial charge is 0.357 e. The lowest BCUT2D eigenvalue weighted by molar-refractivity contribution is 0.798. The summed E-state index contributed by atoms with van der Waals surface area (Å²) in [5.74, 6) is 0.829. The predicted octanol–water partition coefficient (Wildman–Crippen LogP) is 3.34. The lowest BCUT2D eigenvalue weighted by atomic mass is 10.1. The Morgan fingerprint density at radius 1 is 1.09 bits per heavy atom. The van der Waals surface area contributed by atoms with Crippen LogP contribution in [0.1, 0.15) is 23.6 Å². The predicted molar refractivity (Wildman–Crippen MR) is 96.9 cm³/mol. The molecule has 1 aromatic carbocycles. The molecule has 0 saturated carbocycles. The van der Waals surface area contributed by atoms with Gasteiger partial charge in [-0.05, 0) is 37.5 Å². The molecule has 0 radical (unpaired) electrons. The minimum Gasteiger partial charge on any atom is -0.357 e. The number of hydrogen-bond acceptors (Lipinski definition) is 2. The number of aliphatic imine (C=N–C) groups is 1. The number of halogens is 1. The average Bonchev–Trinajstić information content (AvgIpc) is 2.56. The molecule has 1 aromatic heterocycles. The first kappa shape index (κ1) is 17.3. The van der Waals surface area contributed by atoms with E-state index < -0.39 is 0 Å². The molecule has 0 unspecified atom stereocenters. The Labute approximate surface area is 143 Å². The zero-order valence-corrected chi connectivity index (χ0v) is 14.4. The Morgan fingerprint density at radius 3 is 2.48 bits per heavy atom. The summed E-state index contributed by atoms with van der Waals surface area (Å²) in [5, 5.41) is 7.13. The highest BCUT2D eigenvalue weighted by atomic mass is 35.5. The Morgan fingerprint density at radius 2 is 1.83 bits per heavy atom. The molecule has 0 aliphatic carbocycles. The van der Waals surface area contributed by atoms with Gasteiger partial charge >= 0.3 is 0 Å². The second kappa shape index (κ2) is 9.16. The highest BCUT2D eigenvalue weighted by Gasteiger charge is 1.99. The molecule has 0 atom stereocenters. The summed E-state index contributed by atoms with van der Waals surface area (Å²) in [5.41, 5.74) is 3.62. The van der Waals surface area contributed by atoms with Gasteiger partial charge in [-0.15, -0.1) is 0 Å². The Bertz CT molecular complexity index is 620. The topological polar surface area (TPSA) is 49.3 Å². The van der Waals surface area contributed by atoms with Crippen molar-refractivity contribution >= 4 is 17.6 Å². The van der Waals surface area contributed by atoms with Crippen LogP contribution in [0.2, 0.25) is 5.15 Å². The fourth-order valence-electron chi connectivity index (χ4n) is 2.09. The second-order valence-electron chi connectivity index (χ2n) is 5.35. The van der Waals surface area contributed by atoms with E-state index in [0.29, 0.717) is 11.7 Å². The molecule has 2 N–H and O–H groups in total. The maximum atomic E-state index is 5.79. The van der Waals surface area contributed by atoms with Gasteiger partial charge in [0.25, 0.3) is 0 Å². The summed E-state index contributed by atoms with van der Waals surface area (Å²) < 4.78 is 0. The van der Waals surface area contributed by atoms with Crippen molar-refractivity contribution in [3.05, 3.63) is 64.4 Å². The van der Waals surface area contributed by atoms with E-state index in [-0.39, 0.29) is 0 Å². The first-order valence-corrected chi connectivity index (χ1v) is 8.23. The Hall–Kier alpha value is -2.07. The molecule has 0 saturated heterocycles. The van der Waals surface area contributed by atoms with Crippen LogP contribution in [-0.4, -0.2) is 24.0 Å². The fraction of sp³-hybridized carbons (Fsp3) is 0.333. The van der Waals surface area contributed by atoms with Crippen molar-refractivity contribution in [2.45, 2.75) is 26.8 Å². The highest BCUT2D eigenvalue weighted by Crippen LogP contribution is 2.06. The SMILES string of the molecule is CCNC(=NCc1ccc(C)cc1)NCCc1ccc(Cl)nc1. The summed E-state index contributed by atoms with van der Waals surface area (Å²) >= 11 is 5.79. The number of hydrogen-bond donors (Lipinski definition) is 2. The minimum atomic E-state index is 0.523. The van der Waals surface area contributed by atoms with Crippen LogP contribution in [-0.2, 0) is 13.0 Å². The third kappa shape index (κ3) is 6.28. The molecule has 0 spiro atoms. The number of rotatable bonds is 6. The number of nitrogens with one attached hydrogen (secondary N) is 2. The monoisotopic (exact) mass is 330 g/mol. The van der Waals surface area contributed by atoms with E-state index in [0.717, 1.165) is 31.0 Å². The quantitative estimate of drug-likeness (QED) is 0.485. The lowest BCUT2D eigenvalue weighted by Crippen LogP contribution is -2.38. The fourth-order valence-corrected chi connectivity index (χ4v) is 2.20. The summed E-state index contributed by atoms with van der Waals surface area (Å²) in [7, 11) is 0. The van der Waals surface area contributed by atoms with Gasteiger partial charge in [-0.1, -0.05) is 47.5 Å². The number of pyridine rings is 1. The number of aryl methyl sites for hydroxylation is 1. The van der Waals surface area contributed by atoms with E-state index in [9.17, 15) is 0 Å².